The van der Waals surface area contributed by atoms with Gasteiger partial charge in [-0.15, -0.1) is 0 Å². The van der Waals surface area contributed by atoms with Crippen molar-refractivity contribution in [2.75, 3.05) is 37.6 Å². The maximum absolute atomic E-state index is 13.1. The molecule has 0 radical (unpaired) electrons. The smallest absolute Gasteiger partial charge is 0.262 e. The van der Waals surface area contributed by atoms with Gasteiger partial charge in [0.15, 0.2) is 11.5 Å². The summed E-state index contributed by atoms with van der Waals surface area (Å²) in [4.78, 5) is 37.9. The highest BCUT2D eigenvalue weighted by Gasteiger charge is 2.19. The fourth-order valence-corrected chi connectivity index (χ4v) is 3.35. The third kappa shape index (κ3) is 5.08. The number of benzene rings is 1. The molecule has 0 saturated heterocycles. The highest BCUT2D eigenvalue weighted by Crippen LogP contribution is 2.34. The van der Waals surface area contributed by atoms with Crippen molar-refractivity contribution >= 4 is 40.7 Å². The summed E-state index contributed by atoms with van der Waals surface area (Å²) in [6, 6.07) is 3.34. The molecule has 0 fully saturated rings. The number of anilines is 2. The summed E-state index contributed by atoms with van der Waals surface area (Å²) in [5.74, 6) is 0.399. The maximum Gasteiger partial charge on any atom is 0.262 e. The van der Waals surface area contributed by atoms with Crippen LogP contribution in [0.3, 0.4) is 0 Å². The van der Waals surface area contributed by atoms with E-state index in [0.717, 1.165) is 13.0 Å². The van der Waals surface area contributed by atoms with Crippen LogP contribution in [0.15, 0.2) is 29.3 Å². The standard InChI is InChI=1S/C20H25N7O4S/c1-4-27-18(29)13-6-7-14(31-9-5-8-24-32-3)16(30-2)15(13)25-20(27)26-17(28)12-10-22-19(21)23-11-12/h6-7,10-11,24H,4-5,8-9H2,1-3H3,(H2,21,22,23)(H,25,26,28). The van der Waals surface area contributed by atoms with E-state index in [4.69, 9.17) is 15.2 Å². The Morgan fingerprint density at radius 3 is 2.69 bits per heavy atom. The van der Waals surface area contributed by atoms with Crippen LogP contribution >= 0.6 is 11.9 Å². The zero-order chi connectivity index (χ0) is 23.1. The van der Waals surface area contributed by atoms with Gasteiger partial charge in [-0.05, 0) is 31.7 Å². The number of methoxy groups -OCH3 is 1. The maximum atomic E-state index is 13.1. The molecule has 3 rings (SSSR count). The average Bonchev–Trinajstić information content (AvgIpc) is 2.79. The number of hydrogen-bond acceptors (Lipinski definition) is 10. The van der Waals surface area contributed by atoms with Crippen LogP contribution in [-0.2, 0) is 6.54 Å². The first-order chi connectivity index (χ1) is 15.5. The van der Waals surface area contributed by atoms with Crippen LogP contribution < -0.4 is 30.8 Å². The van der Waals surface area contributed by atoms with Crippen molar-refractivity contribution in [3.63, 3.8) is 0 Å². The predicted octanol–water partition coefficient (Wildman–Crippen LogP) is 1.69. The molecule has 0 atom stereocenters. The third-order valence-electron chi connectivity index (χ3n) is 4.55. The molecule has 12 heteroatoms. The molecular formula is C20H25N7O4S. The fraction of sp³-hybridized carbons (Fsp3) is 0.350. The van der Waals surface area contributed by atoms with E-state index in [1.54, 1.807) is 31.0 Å². The Kier molecular flexibility index (Phi) is 7.84. The molecule has 32 heavy (non-hydrogen) atoms. The number of aromatic nitrogens is 4. The van der Waals surface area contributed by atoms with Crippen molar-refractivity contribution in [3.8, 4) is 11.5 Å². The zero-order valence-corrected chi connectivity index (χ0v) is 18.9. The van der Waals surface area contributed by atoms with Gasteiger partial charge in [0.05, 0.1) is 24.7 Å². The van der Waals surface area contributed by atoms with Crippen LogP contribution in [0.25, 0.3) is 10.9 Å². The van der Waals surface area contributed by atoms with Crippen molar-refractivity contribution in [1.29, 1.82) is 0 Å². The van der Waals surface area contributed by atoms with Crippen molar-refractivity contribution in [2.45, 2.75) is 19.9 Å². The monoisotopic (exact) mass is 459 g/mol. The van der Waals surface area contributed by atoms with Gasteiger partial charge in [-0.2, -0.15) is 0 Å². The third-order valence-corrected chi connectivity index (χ3v) is 5.04. The fourth-order valence-electron chi connectivity index (χ4n) is 3.00. The van der Waals surface area contributed by atoms with Crippen molar-refractivity contribution in [1.82, 2.24) is 24.2 Å². The lowest BCUT2D eigenvalue weighted by molar-refractivity contribution is 0.102. The number of nitrogens with one attached hydrogen (secondary N) is 2. The van der Waals surface area contributed by atoms with Crippen LogP contribution in [0.5, 0.6) is 11.5 Å². The van der Waals surface area contributed by atoms with Gasteiger partial charge >= 0.3 is 0 Å². The zero-order valence-electron chi connectivity index (χ0n) is 18.0. The Morgan fingerprint density at radius 1 is 1.28 bits per heavy atom. The van der Waals surface area contributed by atoms with E-state index in [-0.39, 0.29) is 23.0 Å². The number of hydrogen-bond donors (Lipinski definition) is 3. The van der Waals surface area contributed by atoms with Gasteiger partial charge < -0.3 is 15.2 Å². The number of nitrogens with zero attached hydrogens (tertiary/aromatic N) is 4. The van der Waals surface area contributed by atoms with Crippen LogP contribution in [-0.4, -0.2) is 51.9 Å². The molecule has 0 unspecified atom stereocenters. The molecule has 1 amide bonds. The van der Waals surface area contributed by atoms with Crippen LogP contribution in [0.4, 0.5) is 11.9 Å². The lowest BCUT2D eigenvalue weighted by Crippen LogP contribution is -2.27. The molecule has 0 spiro atoms. The Bertz CT molecular complexity index is 1150. The molecule has 2 heterocycles. The van der Waals surface area contributed by atoms with Crippen molar-refractivity contribution in [3.05, 3.63) is 40.4 Å². The van der Waals surface area contributed by atoms with Gasteiger partial charge in [0.25, 0.3) is 11.5 Å². The van der Waals surface area contributed by atoms with E-state index in [1.807, 2.05) is 6.26 Å². The SMILES string of the molecule is CCn1c(NC(=O)c2cnc(N)nc2)nc2c(OC)c(OCCCNSC)ccc2c1=O. The first kappa shape index (κ1) is 23.3. The number of ether oxygens (including phenoxy) is 2. The lowest BCUT2D eigenvalue weighted by Gasteiger charge is -2.16. The van der Waals surface area contributed by atoms with Gasteiger partial charge in [0.1, 0.15) is 5.52 Å². The van der Waals surface area contributed by atoms with Gasteiger partial charge in [-0.25, -0.2) is 15.0 Å². The second-order valence-electron chi connectivity index (χ2n) is 6.56. The minimum absolute atomic E-state index is 0.0531. The van der Waals surface area contributed by atoms with Crippen LogP contribution in [0.1, 0.15) is 23.7 Å². The van der Waals surface area contributed by atoms with Crippen LogP contribution in [0, 0.1) is 0 Å². The van der Waals surface area contributed by atoms with Crippen molar-refractivity contribution < 1.29 is 14.3 Å². The first-order valence-corrected chi connectivity index (χ1v) is 11.1. The summed E-state index contributed by atoms with van der Waals surface area (Å²) >= 11 is 1.54. The number of rotatable bonds is 10. The van der Waals surface area contributed by atoms with Gasteiger partial charge in [0.2, 0.25) is 11.9 Å². The molecule has 0 aliphatic carbocycles. The van der Waals surface area contributed by atoms with E-state index in [2.05, 4.69) is 25.0 Å². The normalized spacial score (nSPS) is 10.8. The number of nitrogen functional groups attached to an aromatic ring is 1. The van der Waals surface area contributed by atoms with E-state index < -0.39 is 5.91 Å². The summed E-state index contributed by atoms with van der Waals surface area (Å²) in [5.41, 5.74) is 5.64. The Hall–Kier alpha value is -3.38. The van der Waals surface area contributed by atoms with E-state index in [9.17, 15) is 9.59 Å². The number of fused-ring (bicyclic) bond motifs is 1. The number of carbonyl (C=O) groups excluding carboxylic acids is 1. The molecule has 0 saturated carbocycles. The Labute approximate surface area is 188 Å². The minimum Gasteiger partial charge on any atom is -0.491 e. The van der Waals surface area contributed by atoms with E-state index in [0.29, 0.717) is 35.6 Å². The second-order valence-corrected chi connectivity index (χ2v) is 7.26. The summed E-state index contributed by atoms with van der Waals surface area (Å²) in [7, 11) is 1.48. The number of carbonyl (C=O) groups is 1. The average molecular weight is 460 g/mol. The number of nitrogens with two attached hydrogens (primary N) is 1. The molecule has 0 bridgehead atoms. The predicted molar refractivity (Wildman–Crippen MR) is 124 cm³/mol. The Balaban J connectivity index is 1.98. The van der Waals surface area contributed by atoms with Crippen molar-refractivity contribution in [2.24, 2.45) is 0 Å². The first-order valence-electron chi connectivity index (χ1n) is 9.89. The molecule has 0 aliphatic heterocycles. The highest BCUT2D eigenvalue weighted by atomic mass is 32.2. The molecule has 3 aromatic rings. The molecular weight excluding hydrogens is 434 g/mol. The summed E-state index contributed by atoms with van der Waals surface area (Å²) in [6.45, 7) is 3.34. The summed E-state index contributed by atoms with van der Waals surface area (Å²) in [5, 5.41) is 3.01. The molecule has 1 aromatic carbocycles. The largest absolute Gasteiger partial charge is 0.491 e. The van der Waals surface area contributed by atoms with Crippen LogP contribution in [0.2, 0.25) is 0 Å². The number of amides is 1. The molecule has 170 valence electrons. The molecule has 4 N–H and O–H groups in total. The quantitative estimate of drug-likeness (QED) is 0.302. The minimum atomic E-state index is -0.522. The second kappa shape index (κ2) is 10.8. The summed E-state index contributed by atoms with van der Waals surface area (Å²) < 4.78 is 15.9. The summed E-state index contributed by atoms with van der Waals surface area (Å²) in [6.07, 6.45) is 5.34. The van der Waals surface area contributed by atoms with E-state index >= 15 is 0 Å². The molecule has 2 aromatic heterocycles. The van der Waals surface area contributed by atoms with Gasteiger partial charge in [-0.1, -0.05) is 11.9 Å². The molecule has 0 aliphatic rings. The highest BCUT2D eigenvalue weighted by molar-refractivity contribution is 7.96. The lowest BCUT2D eigenvalue weighted by atomic mass is 10.2. The van der Waals surface area contributed by atoms with E-state index in [1.165, 1.54) is 24.1 Å². The Morgan fingerprint density at radius 2 is 2.03 bits per heavy atom. The molecule has 11 nitrogen and oxygen atoms in total. The van der Waals surface area contributed by atoms with Gasteiger partial charge in [0, 0.05) is 25.5 Å². The topological polar surface area (TPSA) is 146 Å². The van der Waals surface area contributed by atoms with Gasteiger partial charge in [-0.3, -0.25) is 24.2 Å².